The molecule has 8 nitrogen and oxygen atoms in total. The number of nitro benzene ring substituents is 1. The van der Waals surface area contributed by atoms with Crippen LogP contribution in [0.15, 0.2) is 36.8 Å². The van der Waals surface area contributed by atoms with Gasteiger partial charge in [-0.25, -0.2) is 4.98 Å². The Balaban J connectivity index is 1.60. The Labute approximate surface area is 142 Å². The lowest BCUT2D eigenvalue weighted by Crippen LogP contribution is -2.38. The second-order valence-electron chi connectivity index (χ2n) is 5.74. The number of carbonyl (C=O) groups is 1. The SMILES string of the molecule is O=C(Nc1ccc(F)c([N+](=O)[O-])c1)C1CCN(c2cnccn2)CC1. The maximum absolute atomic E-state index is 13.3. The number of halogens is 1. The Hall–Kier alpha value is -3.10. The fourth-order valence-corrected chi connectivity index (χ4v) is 2.80. The van der Waals surface area contributed by atoms with Crippen LogP contribution in [0.25, 0.3) is 0 Å². The molecule has 0 atom stereocenters. The molecule has 0 bridgehead atoms. The summed E-state index contributed by atoms with van der Waals surface area (Å²) >= 11 is 0. The van der Waals surface area contributed by atoms with Gasteiger partial charge in [0.05, 0.1) is 11.1 Å². The number of piperidine rings is 1. The molecule has 130 valence electrons. The Morgan fingerprint density at radius 3 is 2.72 bits per heavy atom. The van der Waals surface area contributed by atoms with Crippen molar-refractivity contribution in [3.63, 3.8) is 0 Å². The van der Waals surface area contributed by atoms with Gasteiger partial charge in [-0.1, -0.05) is 0 Å². The fraction of sp³-hybridized carbons (Fsp3) is 0.312. The third-order valence-electron chi connectivity index (χ3n) is 4.15. The summed E-state index contributed by atoms with van der Waals surface area (Å²) in [7, 11) is 0. The van der Waals surface area contributed by atoms with Gasteiger partial charge in [0, 0.05) is 43.2 Å². The highest BCUT2D eigenvalue weighted by molar-refractivity contribution is 5.93. The minimum atomic E-state index is -0.930. The summed E-state index contributed by atoms with van der Waals surface area (Å²) in [5, 5.41) is 13.4. The fourth-order valence-electron chi connectivity index (χ4n) is 2.80. The molecule has 1 saturated heterocycles. The van der Waals surface area contributed by atoms with Gasteiger partial charge in [-0.15, -0.1) is 0 Å². The van der Waals surface area contributed by atoms with Crippen molar-refractivity contribution in [1.82, 2.24) is 9.97 Å². The van der Waals surface area contributed by atoms with Gasteiger partial charge in [-0.3, -0.25) is 19.9 Å². The van der Waals surface area contributed by atoms with E-state index in [1.165, 1.54) is 6.07 Å². The second kappa shape index (κ2) is 7.20. The molecule has 1 aromatic heterocycles. The summed E-state index contributed by atoms with van der Waals surface area (Å²) in [6, 6.07) is 3.32. The lowest BCUT2D eigenvalue weighted by atomic mass is 9.96. The summed E-state index contributed by atoms with van der Waals surface area (Å²) in [6.07, 6.45) is 6.16. The molecule has 1 aromatic carbocycles. The number of nitrogens with one attached hydrogen (secondary N) is 1. The number of rotatable bonds is 4. The average Bonchev–Trinajstić information content (AvgIpc) is 2.64. The molecule has 1 N–H and O–H groups in total. The zero-order valence-electron chi connectivity index (χ0n) is 13.3. The van der Waals surface area contributed by atoms with E-state index in [4.69, 9.17) is 0 Å². The van der Waals surface area contributed by atoms with Crippen molar-refractivity contribution in [1.29, 1.82) is 0 Å². The zero-order chi connectivity index (χ0) is 17.8. The number of anilines is 2. The maximum Gasteiger partial charge on any atom is 0.306 e. The number of hydrogen-bond acceptors (Lipinski definition) is 6. The van der Waals surface area contributed by atoms with E-state index >= 15 is 0 Å². The summed E-state index contributed by atoms with van der Waals surface area (Å²) in [5.41, 5.74) is -0.440. The Bertz CT molecular complexity index is 779. The van der Waals surface area contributed by atoms with Gasteiger partial charge in [-0.05, 0) is 25.0 Å². The molecule has 1 fully saturated rings. The predicted molar refractivity (Wildman–Crippen MR) is 88.7 cm³/mol. The minimum absolute atomic E-state index is 0.211. The summed E-state index contributed by atoms with van der Waals surface area (Å²) in [5.74, 6) is -0.590. The van der Waals surface area contributed by atoms with Crippen molar-refractivity contribution >= 4 is 23.1 Å². The van der Waals surface area contributed by atoms with E-state index in [0.717, 1.165) is 18.0 Å². The van der Waals surface area contributed by atoms with Gasteiger partial charge >= 0.3 is 5.69 Å². The molecule has 0 unspecified atom stereocenters. The van der Waals surface area contributed by atoms with Crippen molar-refractivity contribution in [3.8, 4) is 0 Å². The summed E-state index contributed by atoms with van der Waals surface area (Å²) in [6.45, 7) is 1.33. The Morgan fingerprint density at radius 2 is 2.08 bits per heavy atom. The van der Waals surface area contributed by atoms with Gasteiger partial charge in [-0.2, -0.15) is 4.39 Å². The lowest BCUT2D eigenvalue weighted by molar-refractivity contribution is -0.387. The highest BCUT2D eigenvalue weighted by Crippen LogP contribution is 2.25. The minimum Gasteiger partial charge on any atom is -0.355 e. The molecule has 1 amide bonds. The van der Waals surface area contributed by atoms with Crippen molar-refractivity contribution in [3.05, 3.63) is 52.7 Å². The third-order valence-corrected chi connectivity index (χ3v) is 4.15. The monoisotopic (exact) mass is 345 g/mol. The smallest absolute Gasteiger partial charge is 0.306 e. The molecule has 1 aliphatic heterocycles. The van der Waals surface area contributed by atoms with Gasteiger partial charge < -0.3 is 10.2 Å². The van der Waals surface area contributed by atoms with E-state index in [-0.39, 0.29) is 17.5 Å². The van der Waals surface area contributed by atoms with E-state index < -0.39 is 16.4 Å². The van der Waals surface area contributed by atoms with E-state index in [2.05, 4.69) is 20.2 Å². The number of aromatic nitrogens is 2. The predicted octanol–water partition coefficient (Wildman–Crippen LogP) is 2.38. The lowest BCUT2D eigenvalue weighted by Gasteiger charge is -2.31. The zero-order valence-corrected chi connectivity index (χ0v) is 13.3. The molecule has 0 aliphatic carbocycles. The molecule has 3 rings (SSSR count). The Kier molecular flexibility index (Phi) is 4.82. The number of nitrogens with zero attached hydrogens (tertiary/aromatic N) is 4. The number of benzene rings is 1. The summed E-state index contributed by atoms with van der Waals surface area (Å²) < 4.78 is 13.3. The molecular weight excluding hydrogens is 329 g/mol. The number of carbonyl (C=O) groups excluding carboxylic acids is 1. The highest BCUT2D eigenvalue weighted by Gasteiger charge is 2.26. The number of amides is 1. The van der Waals surface area contributed by atoms with Crippen LogP contribution in [0.4, 0.5) is 21.6 Å². The molecule has 0 radical (unpaired) electrons. The first-order chi connectivity index (χ1) is 12.0. The van der Waals surface area contributed by atoms with Gasteiger partial charge in [0.15, 0.2) is 0 Å². The van der Waals surface area contributed by atoms with Crippen LogP contribution in [0.2, 0.25) is 0 Å². The van der Waals surface area contributed by atoms with Gasteiger partial charge in [0.25, 0.3) is 0 Å². The first-order valence-electron chi connectivity index (χ1n) is 7.80. The quantitative estimate of drug-likeness (QED) is 0.674. The molecular formula is C16H16FN5O3. The normalized spacial score (nSPS) is 15.0. The van der Waals surface area contributed by atoms with Crippen molar-refractivity contribution in [2.24, 2.45) is 5.92 Å². The van der Waals surface area contributed by atoms with Crippen molar-refractivity contribution in [2.75, 3.05) is 23.3 Å². The van der Waals surface area contributed by atoms with Gasteiger partial charge in [0.2, 0.25) is 11.7 Å². The van der Waals surface area contributed by atoms with Crippen LogP contribution in [-0.2, 0) is 4.79 Å². The molecule has 25 heavy (non-hydrogen) atoms. The summed E-state index contributed by atoms with van der Waals surface area (Å²) in [4.78, 5) is 32.6. The van der Waals surface area contributed by atoms with Crippen molar-refractivity contribution in [2.45, 2.75) is 12.8 Å². The molecule has 2 aromatic rings. The van der Waals surface area contributed by atoms with Crippen LogP contribution in [-0.4, -0.2) is 33.9 Å². The largest absolute Gasteiger partial charge is 0.355 e. The van der Waals surface area contributed by atoms with Crippen LogP contribution in [0, 0.1) is 21.8 Å². The average molecular weight is 345 g/mol. The number of hydrogen-bond donors (Lipinski definition) is 1. The van der Waals surface area contributed by atoms with Crippen LogP contribution in [0.5, 0.6) is 0 Å². The third kappa shape index (κ3) is 3.87. The highest BCUT2D eigenvalue weighted by atomic mass is 19.1. The van der Waals surface area contributed by atoms with E-state index in [0.29, 0.717) is 25.9 Å². The van der Waals surface area contributed by atoms with Crippen LogP contribution in [0.3, 0.4) is 0 Å². The molecule has 0 spiro atoms. The number of nitro groups is 1. The topological polar surface area (TPSA) is 101 Å². The molecule has 2 heterocycles. The second-order valence-corrected chi connectivity index (χ2v) is 5.74. The molecule has 9 heteroatoms. The first kappa shape index (κ1) is 16.7. The Morgan fingerprint density at radius 1 is 1.32 bits per heavy atom. The van der Waals surface area contributed by atoms with Crippen LogP contribution < -0.4 is 10.2 Å². The standard InChI is InChI=1S/C16H16FN5O3/c17-13-2-1-12(9-14(13)22(24)25)20-16(23)11-3-7-21(8-4-11)15-10-18-5-6-19-15/h1-2,5-6,9-11H,3-4,7-8H2,(H,20,23). The maximum atomic E-state index is 13.3. The van der Waals surface area contributed by atoms with Gasteiger partial charge in [0.1, 0.15) is 5.82 Å². The van der Waals surface area contributed by atoms with Crippen LogP contribution >= 0.6 is 0 Å². The van der Waals surface area contributed by atoms with Crippen molar-refractivity contribution < 1.29 is 14.1 Å². The van der Waals surface area contributed by atoms with E-state index in [9.17, 15) is 19.3 Å². The van der Waals surface area contributed by atoms with E-state index in [1.54, 1.807) is 18.6 Å². The molecule has 1 aliphatic rings. The molecule has 0 saturated carbocycles. The van der Waals surface area contributed by atoms with Crippen LogP contribution in [0.1, 0.15) is 12.8 Å². The van der Waals surface area contributed by atoms with E-state index in [1.807, 2.05) is 0 Å². The first-order valence-corrected chi connectivity index (χ1v) is 7.80.